The Hall–Kier alpha value is -1.10. The van der Waals surface area contributed by atoms with E-state index in [-0.39, 0.29) is 18.9 Å². The first-order valence-corrected chi connectivity index (χ1v) is 5.27. The molecule has 1 saturated heterocycles. The standard InChI is InChI=1S/C11H13F3N2/c12-11(13,14)9-3-5-16-10(6-9)8-2-1-4-15-7-8/h1-2,4,7,9-10,16H,3,5-6H2/t9-,10+/m0/s1. The lowest BCUT2D eigenvalue weighted by Crippen LogP contribution is -2.38. The first-order valence-electron chi connectivity index (χ1n) is 5.27. The average Bonchev–Trinajstić information content (AvgIpc) is 2.29. The number of halogens is 3. The molecule has 16 heavy (non-hydrogen) atoms. The smallest absolute Gasteiger partial charge is 0.310 e. The third-order valence-electron chi connectivity index (χ3n) is 2.95. The van der Waals surface area contributed by atoms with Crippen LogP contribution in [0.25, 0.3) is 0 Å². The molecular formula is C11H13F3N2. The first-order chi connectivity index (χ1) is 7.57. The molecule has 5 heteroatoms. The summed E-state index contributed by atoms with van der Waals surface area (Å²) in [5.41, 5.74) is 0.830. The van der Waals surface area contributed by atoms with E-state index in [9.17, 15) is 13.2 Å². The van der Waals surface area contributed by atoms with Crippen molar-refractivity contribution in [3.05, 3.63) is 30.1 Å². The quantitative estimate of drug-likeness (QED) is 0.802. The molecular weight excluding hydrogens is 217 g/mol. The largest absolute Gasteiger partial charge is 0.391 e. The van der Waals surface area contributed by atoms with Crippen LogP contribution in [-0.4, -0.2) is 17.7 Å². The van der Waals surface area contributed by atoms with E-state index in [1.807, 2.05) is 6.07 Å². The Bertz CT molecular complexity index is 337. The number of rotatable bonds is 1. The second kappa shape index (κ2) is 4.41. The van der Waals surface area contributed by atoms with Crippen molar-refractivity contribution in [3.63, 3.8) is 0 Å². The molecule has 2 heterocycles. The highest BCUT2D eigenvalue weighted by atomic mass is 19.4. The molecule has 1 aliphatic rings. The van der Waals surface area contributed by atoms with E-state index in [0.717, 1.165) is 5.56 Å². The second-order valence-corrected chi connectivity index (χ2v) is 4.06. The van der Waals surface area contributed by atoms with Gasteiger partial charge in [-0.25, -0.2) is 0 Å². The number of nitrogens with one attached hydrogen (secondary N) is 1. The monoisotopic (exact) mass is 230 g/mol. The summed E-state index contributed by atoms with van der Waals surface area (Å²) in [6, 6.07) is 3.33. The number of hydrogen-bond acceptors (Lipinski definition) is 2. The summed E-state index contributed by atoms with van der Waals surface area (Å²) in [6.45, 7) is 0.406. The van der Waals surface area contributed by atoms with Gasteiger partial charge in [-0.1, -0.05) is 6.07 Å². The van der Waals surface area contributed by atoms with E-state index in [1.165, 1.54) is 0 Å². The maximum Gasteiger partial charge on any atom is 0.391 e. The summed E-state index contributed by atoms with van der Waals surface area (Å²) in [5, 5.41) is 3.10. The lowest BCUT2D eigenvalue weighted by atomic mass is 9.89. The Morgan fingerprint density at radius 3 is 2.81 bits per heavy atom. The molecule has 2 rings (SSSR count). The summed E-state index contributed by atoms with van der Waals surface area (Å²) in [5.74, 6) is -1.20. The molecule has 0 amide bonds. The van der Waals surface area contributed by atoms with Gasteiger partial charge in [-0.15, -0.1) is 0 Å². The normalized spacial score (nSPS) is 26.7. The van der Waals surface area contributed by atoms with Gasteiger partial charge < -0.3 is 5.32 Å². The minimum Gasteiger partial charge on any atom is -0.310 e. The zero-order chi connectivity index (χ0) is 11.6. The maximum absolute atomic E-state index is 12.6. The number of piperidine rings is 1. The Kier molecular flexibility index (Phi) is 3.14. The van der Waals surface area contributed by atoms with Crippen LogP contribution in [0.3, 0.4) is 0 Å². The van der Waals surface area contributed by atoms with Crippen LogP contribution >= 0.6 is 0 Å². The fourth-order valence-corrected chi connectivity index (χ4v) is 2.05. The Morgan fingerprint density at radius 2 is 2.19 bits per heavy atom. The summed E-state index contributed by atoms with van der Waals surface area (Å²) >= 11 is 0. The molecule has 2 atom stereocenters. The van der Waals surface area contributed by atoms with Crippen molar-refractivity contribution >= 4 is 0 Å². The van der Waals surface area contributed by atoms with Gasteiger partial charge in [0.15, 0.2) is 0 Å². The average molecular weight is 230 g/mol. The van der Waals surface area contributed by atoms with Crippen molar-refractivity contribution in [2.75, 3.05) is 6.54 Å². The van der Waals surface area contributed by atoms with E-state index in [2.05, 4.69) is 10.3 Å². The lowest BCUT2D eigenvalue weighted by molar-refractivity contribution is -0.183. The molecule has 1 aliphatic heterocycles. The third-order valence-corrected chi connectivity index (χ3v) is 2.95. The molecule has 1 fully saturated rings. The van der Waals surface area contributed by atoms with Crippen molar-refractivity contribution < 1.29 is 13.2 Å². The number of alkyl halides is 3. The highest BCUT2D eigenvalue weighted by Gasteiger charge is 2.42. The maximum atomic E-state index is 12.6. The van der Waals surface area contributed by atoms with Crippen LogP contribution < -0.4 is 5.32 Å². The van der Waals surface area contributed by atoms with Gasteiger partial charge in [0.05, 0.1) is 5.92 Å². The van der Waals surface area contributed by atoms with E-state index in [1.54, 1.807) is 18.5 Å². The minimum atomic E-state index is -4.08. The Morgan fingerprint density at radius 1 is 1.38 bits per heavy atom. The molecule has 0 unspecified atom stereocenters. The number of aromatic nitrogens is 1. The zero-order valence-corrected chi connectivity index (χ0v) is 8.67. The molecule has 0 aliphatic carbocycles. The highest BCUT2D eigenvalue weighted by Crippen LogP contribution is 2.37. The lowest BCUT2D eigenvalue weighted by Gasteiger charge is -2.31. The topological polar surface area (TPSA) is 24.9 Å². The zero-order valence-electron chi connectivity index (χ0n) is 8.67. The van der Waals surface area contributed by atoms with E-state index < -0.39 is 12.1 Å². The molecule has 1 aromatic rings. The Labute approximate surface area is 91.9 Å². The number of nitrogens with zero attached hydrogens (tertiary/aromatic N) is 1. The van der Waals surface area contributed by atoms with Gasteiger partial charge >= 0.3 is 6.18 Å². The third kappa shape index (κ3) is 2.52. The van der Waals surface area contributed by atoms with Crippen molar-refractivity contribution in [3.8, 4) is 0 Å². The van der Waals surface area contributed by atoms with Gasteiger partial charge in [0, 0.05) is 18.4 Å². The predicted octanol–water partition coefficient (Wildman–Crippen LogP) is 2.68. The molecule has 0 bridgehead atoms. The summed E-state index contributed by atoms with van der Waals surface area (Å²) < 4.78 is 37.8. The predicted molar refractivity (Wildman–Crippen MR) is 53.8 cm³/mol. The van der Waals surface area contributed by atoms with E-state index in [4.69, 9.17) is 0 Å². The van der Waals surface area contributed by atoms with E-state index >= 15 is 0 Å². The van der Waals surface area contributed by atoms with Crippen LogP contribution in [-0.2, 0) is 0 Å². The van der Waals surface area contributed by atoms with Crippen LogP contribution in [0.5, 0.6) is 0 Å². The van der Waals surface area contributed by atoms with Gasteiger partial charge in [0.25, 0.3) is 0 Å². The van der Waals surface area contributed by atoms with E-state index in [0.29, 0.717) is 6.54 Å². The molecule has 0 radical (unpaired) electrons. The molecule has 0 aromatic carbocycles. The van der Waals surface area contributed by atoms with Crippen LogP contribution in [0.2, 0.25) is 0 Å². The van der Waals surface area contributed by atoms with Gasteiger partial charge in [-0.2, -0.15) is 13.2 Å². The molecule has 0 saturated carbocycles. The first kappa shape index (κ1) is 11.4. The van der Waals surface area contributed by atoms with Crippen molar-refractivity contribution in [1.82, 2.24) is 10.3 Å². The number of pyridine rings is 1. The fraction of sp³-hybridized carbons (Fsp3) is 0.545. The summed E-state index contributed by atoms with van der Waals surface area (Å²) in [4.78, 5) is 3.93. The molecule has 2 nitrogen and oxygen atoms in total. The van der Waals surface area contributed by atoms with Crippen LogP contribution in [0.15, 0.2) is 24.5 Å². The molecule has 1 aromatic heterocycles. The molecule has 88 valence electrons. The van der Waals surface area contributed by atoms with Crippen molar-refractivity contribution in [1.29, 1.82) is 0 Å². The van der Waals surface area contributed by atoms with Crippen LogP contribution in [0, 0.1) is 5.92 Å². The summed E-state index contributed by atoms with van der Waals surface area (Å²) in [6.07, 6.45) is -0.567. The number of hydrogen-bond donors (Lipinski definition) is 1. The van der Waals surface area contributed by atoms with Gasteiger partial charge in [0.1, 0.15) is 0 Å². The second-order valence-electron chi connectivity index (χ2n) is 4.06. The van der Waals surface area contributed by atoms with Crippen LogP contribution in [0.1, 0.15) is 24.4 Å². The molecule has 1 N–H and O–H groups in total. The van der Waals surface area contributed by atoms with Gasteiger partial charge in [0.2, 0.25) is 0 Å². The van der Waals surface area contributed by atoms with Gasteiger partial charge in [-0.05, 0) is 31.0 Å². The molecule has 0 spiro atoms. The minimum absolute atomic E-state index is 0.106. The fourth-order valence-electron chi connectivity index (χ4n) is 2.05. The Balaban J connectivity index is 2.08. The van der Waals surface area contributed by atoms with Crippen molar-refractivity contribution in [2.24, 2.45) is 5.92 Å². The van der Waals surface area contributed by atoms with Crippen molar-refractivity contribution in [2.45, 2.75) is 25.1 Å². The van der Waals surface area contributed by atoms with Gasteiger partial charge in [-0.3, -0.25) is 4.98 Å². The van der Waals surface area contributed by atoms with Crippen LogP contribution in [0.4, 0.5) is 13.2 Å². The summed E-state index contributed by atoms with van der Waals surface area (Å²) in [7, 11) is 0. The SMILES string of the molecule is FC(F)(F)[C@H]1CCN[C@@H](c2cccnc2)C1. The highest BCUT2D eigenvalue weighted by molar-refractivity contribution is 5.14.